The summed E-state index contributed by atoms with van der Waals surface area (Å²) in [5, 5.41) is 7.01. The highest BCUT2D eigenvalue weighted by Gasteiger charge is 2.14. The molecule has 1 aromatic heterocycles. The third kappa shape index (κ3) is 4.64. The van der Waals surface area contributed by atoms with Crippen molar-refractivity contribution in [1.82, 2.24) is 4.98 Å². The standard InChI is InChI=1S/C25H23N3O2S/c1-16-7-6-8-17(2)23(16)28-24(30)19-11-12-21-22(13-19)31-25(27-21)26-14-20(15-29)18-9-4-3-5-10-18/h3-13,15,20H,14H2,1-2H3,(H,26,27)(H,28,30). The Kier molecular flexibility index (Phi) is 6.09. The van der Waals surface area contributed by atoms with E-state index in [9.17, 15) is 9.59 Å². The fourth-order valence-electron chi connectivity index (χ4n) is 3.48. The van der Waals surface area contributed by atoms with Gasteiger partial charge in [0, 0.05) is 17.8 Å². The van der Waals surface area contributed by atoms with Crippen molar-refractivity contribution in [2.24, 2.45) is 0 Å². The van der Waals surface area contributed by atoms with Crippen molar-refractivity contribution in [2.45, 2.75) is 19.8 Å². The van der Waals surface area contributed by atoms with Gasteiger partial charge in [0.15, 0.2) is 5.13 Å². The predicted octanol–water partition coefficient (Wildman–Crippen LogP) is 5.56. The minimum atomic E-state index is -0.244. The first-order chi connectivity index (χ1) is 15.0. The lowest BCUT2D eigenvalue weighted by Gasteiger charge is -2.11. The molecule has 6 heteroatoms. The number of para-hydroxylation sites is 1. The highest BCUT2D eigenvalue weighted by atomic mass is 32.1. The van der Waals surface area contributed by atoms with Gasteiger partial charge in [0.25, 0.3) is 5.91 Å². The molecule has 31 heavy (non-hydrogen) atoms. The summed E-state index contributed by atoms with van der Waals surface area (Å²) in [5.41, 5.74) is 5.28. The number of aromatic nitrogens is 1. The Morgan fingerprint density at radius 1 is 1.03 bits per heavy atom. The number of thiazole rings is 1. The number of carbonyl (C=O) groups excluding carboxylic acids is 2. The van der Waals surface area contributed by atoms with Crippen LogP contribution in [0.25, 0.3) is 10.2 Å². The molecule has 156 valence electrons. The van der Waals surface area contributed by atoms with E-state index in [2.05, 4.69) is 15.6 Å². The molecule has 1 heterocycles. The maximum atomic E-state index is 12.8. The Balaban J connectivity index is 1.49. The van der Waals surface area contributed by atoms with Crippen LogP contribution < -0.4 is 10.6 Å². The molecule has 5 nitrogen and oxygen atoms in total. The molecule has 4 aromatic rings. The van der Waals surface area contributed by atoms with E-state index < -0.39 is 0 Å². The summed E-state index contributed by atoms with van der Waals surface area (Å²) in [6.45, 7) is 4.43. The van der Waals surface area contributed by atoms with Gasteiger partial charge in [-0.1, -0.05) is 59.9 Å². The summed E-state index contributed by atoms with van der Waals surface area (Å²) in [6, 6.07) is 21.1. The zero-order chi connectivity index (χ0) is 21.8. The first-order valence-corrected chi connectivity index (χ1v) is 10.9. The number of aryl methyl sites for hydroxylation is 2. The summed E-state index contributed by atoms with van der Waals surface area (Å²) in [7, 11) is 0. The molecule has 0 saturated carbocycles. The summed E-state index contributed by atoms with van der Waals surface area (Å²) < 4.78 is 0.916. The van der Waals surface area contributed by atoms with Crippen LogP contribution in [0.1, 0.15) is 33.0 Å². The van der Waals surface area contributed by atoms with Gasteiger partial charge in [-0.25, -0.2) is 4.98 Å². The second-order valence-electron chi connectivity index (χ2n) is 7.46. The first-order valence-electron chi connectivity index (χ1n) is 10.1. The van der Waals surface area contributed by atoms with Crippen molar-refractivity contribution in [1.29, 1.82) is 0 Å². The smallest absolute Gasteiger partial charge is 0.255 e. The molecule has 0 saturated heterocycles. The van der Waals surface area contributed by atoms with E-state index in [0.717, 1.165) is 44.0 Å². The van der Waals surface area contributed by atoms with Crippen LogP contribution >= 0.6 is 11.3 Å². The Hall–Kier alpha value is -3.51. The minimum absolute atomic E-state index is 0.146. The van der Waals surface area contributed by atoms with E-state index in [0.29, 0.717) is 12.1 Å². The summed E-state index contributed by atoms with van der Waals surface area (Å²) in [6.07, 6.45) is 0.950. The van der Waals surface area contributed by atoms with Crippen LogP contribution in [0.3, 0.4) is 0 Å². The SMILES string of the molecule is Cc1cccc(C)c1NC(=O)c1ccc2nc(NCC(C=O)c3ccccc3)sc2c1. The van der Waals surface area contributed by atoms with Crippen molar-refractivity contribution in [2.75, 3.05) is 17.2 Å². The molecule has 0 aliphatic heterocycles. The van der Waals surface area contributed by atoms with Crippen LogP contribution in [-0.2, 0) is 4.79 Å². The monoisotopic (exact) mass is 429 g/mol. The largest absolute Gasteiger partial charge is 0.360 e. The number of hydrogen-bond acceptors (Lipinski definition) is 5. The van der Waals surface area contributed by atoms with Gasteiger partial charge in [-0.2, -0.15) is 0 Å². The highest BCUT2D eigenvalue weighted by Crippen LogP contribution is 2.28. The third-order valence-electron chi connectivity index (χ3n) is 5.24. The van der Waals surface area contributed by atoms with E-state index in [4.69, 9.17) is 0 Å². The molecule has 0 fully saturated rings. The van der Waals surface area contributed by atoms with Crippen LogP contribution in [0.4, 0.5) is 10.8 Å². The molecule has 4 rings (SSSR count). The maximum absolute atomic E-state index is 12.8. The van der Waals surface area contributed by atoms with Crippen LogP contribution in [0.2, 0.25) is 0 Å². The molecule has 2 N–H and O–H groups in total. The number of hydrogen-bond donors (Lipinski definition) is 2. The van der Waals surface area contributed by atoms with Gasteiger partial charge in [0.05, 0.1) is 16.1 Å². The average molecular weight is 430 g/mol. The number of nitrogens with one attached hydrogen (secondary N) is 2. The number of fused-ring (bicyclic) bond motifs is 1. The summed E-state index contributed by atoms with van der Waals surface area (Å²) in [5.74, 6) is -0.390. The highest BCUT2D eigenvalue weighted by molar-refractivity contribution is 7.22. The normalized spacial score (nSPS) is 11.8. The number of rotatable bonds is 7. The van der Waals surface area contributed by atoms with E-state index in [-0.39, 0.29) is 11.8 Å². The quantitative estimate of drug-likeness (QED) is 0.377. The molecule has 0 spiro atoms. The Morgan fingerprint density at radius 3 is 2.48 bits per heavy atom. The fraction of sp³-hybridized carbons (Fsp3) is 0.160. The molecule has 0 radical (unpaired) electrons. The molecule has 0 aliphatic carbocycles. The molecule has 3 aromatic carbocycles. The zero-order valence-electron chi connectivity index (χ0n) is 17.4. The van der Waals surface area contributed by atoms with Gasteiger partial charge in [0.2, 0.25) is 0 Å². The van der Waals surface area contributed by atoms with Crippen molar-refractivity contribution in [3.63, 3.8) is 0 Å². The van der Waals surface area contributed by atoms with Crippen molar-refractivity contribution >= 4 is 44.6 Å². The second-order valence-corrected chi connectivity index (χ2v) is 8.49. The molecule has 1 atom stereocenters. The first kappa shape index (κ1) is 20.8. The molecule has 1 unspecified atom stereocenters. The van der Waals surface area contributed by atoms with Gasteiger partial charge < -0.3 is 15.4 Å². The van der Waals surface area contributed by atoms with Crippen molar-refractivity contribution in [3.05, 3.63) is 89.0 Å². The zero-order valence-corrected chi connectivity index (χ0v) is 18.2. The van der Waals surface area contributed by atoms with Gasteiger partial charge in [-0.05, 0) is 48.7 Å². The molecular weight excluding hydrogens is 406 g/mol. The van der Waals surface area contributed by atoms with Crippen LogP contribution in [0, 0.1) is 13.8 Å². The van der Waals surface area contributed by atoms with Crippen molar-refractivity contribution < 1.29 is 9.59 Å². The lowest BCUT2D eigenvalue weighted by Crippen LogP contribution is -2.13. The van der Waals surface area contributed by atoms with Crippen LogP contribution in [0.15, 0.2) is 66.7 Å². The van der Waals surface area contributed by atoms with Crippen LogP contribution in [-0.4, -0.2) is 23.7 Å². The van der Waals surface area contributed by atoms with Gasteiger partial charge in [0.1, 0.15) is 6.29 Å². The minimum Gasteiger partial charge on any atom is -0.360 e. The number of aldehydes is 1. The lowest BCUT2D eigenvalue weighted by molar-refractivity contribution is -0.108. The third-order valence-corrected chi connectivity index (χ3v) is 6.21. The van der Waals surface area contributed by atoms with Crippen molar-refractivity contribution in [3.8, 4) is 0 Å². The van der Waals surface area contributed by atoms with Gasteiger partial charge in [-0.3, -0.25) is 4.79 Å². The van der Waals surface area contributed by atoms with Gasteiger partial charge >= 0.3 is 0 Å². The lowest BCUT2D eigenvalue weighted by atomic mass is 10.0. The van der Waals surface area contributed by atoms with Crippen LogP contribution in [0.5, 0.6) is 0 Å². The number of carbonyl (C=O) groups is 2. The molecule has 1 amide bonds. The summed E-state index contributed by atoms with van der Waals surface area (Å²) >= 11 is 1.47. The number of anilines is 2. The second kappa shape index (κ2) is 9.10. The number of benzene rings is 3. The average Bonchev–Trinajstić information content (AvgIpc) is 3.19. The number of amides is 1. The predicted molar refractivity (Wildman–Crippen MR) is 127 cm³/mol. The Bertz CT molecular complexity index is 1210. The maximum Gasteiger partial charge on any atom is 0.255 e. The Labute approximate surface area is 185 Å². The van der Waals surface area contributed by atoms with E-state index in [1.54, 1.807) is 6.07 Å². The Morgan fingerprint density at radius 2 is 1.77 bits per heavy atom. The molecule has 0 aliphatic rings. The summed E-state index contributed by atoms with van der Waals surface area (Å²) in [4.78, 5) is 28.9. The van der Waals surface area contributed by atoms with Gasteiger partial charge in [-0.15, -0.1) is 0 Å². The number of nitrogens with zero attached hydrogens (tertiary/aromatic N) is 1. The van der Waals surface area contributed by atoms with E-state index in [1.807, 2.05) is 74.5 Å². The van der Waals surface area contributed by atoms with E-state index >= 15 is 0 Å². The topological polar surface area (TPSA) is 71.1 Å². The molecule has 0 bridgehead atoms. The fourth-order valence-corrected chi connectivity index (χ4v) is 4.39. The van der Waals surface area contributed by atoms with E-state index in [1.165, 1.54) is 11.3 Å². The molecular formula is C25H23N3O2S.